The van der Waals surface area contributed by atoms with E-state index in [-0.39, 0.29) is 24.9 Å². The number of fused-ring (bicyclic) bond motifs is 1. The third-order valence-corrected chi connectivity index (χ3v) is 5.27. The predicted octanol–water partition coefficient (Wildman–Crippen LogP) is 3.54. The van der Waals surface area contributed by atoms with Crippen molar-refractivity contribution in [1.82, 2.24) is 10.3 Å². The molecule has 0 fully saturated rings. The van der Waals surface area contributed by atoms with Gasteiger partial charge in [0.05, 0.1) is 6.61 Å². The number of hydrogen-bond donors (Lipinski definition) is 2. The fourth-order valence-electron chi connectivity index (χ4n) is 4.02. The lowest BCUT2D eigenvalue weighted by molar-refractivity contribution is 0.0944. The quantitative estimate of drug-likeness (QED) is 0.659. The Hall–Kier alpha value is -3.25. The van der Waals surface area contributed by atoms with E-state index in [1.54, 1.807) is 12.3 Å². The van der Waals surface area contributed by atoms with Gasteiger partial charge in [-0.3, -0.25) is 4.79 Å². The third kappa shape index (κ3) is 4.19. The van der Waals surface area contributed by atoms with Crippen LogP contribution in [0, 0.1) is 12.7 Å². The number of aliphatic hydroxyl groups is 1. The Morgan fingerprint density at radius 3 is 2.87 bits per heavy atom. The van der Waals surface area contributed by atoms with Gasteiger partial charge >= 0.3 is 0 Å². The van der Waals surface area contributed by atoms with E-state index in [0.29, 0.717) is 12.0 Å². The van der Waals surface area contributed by atoms with Crippen LogP contribution in [0.1, 0.15) is 32.6 Å². The summed E-state index contributed by atoms with van der Waals surface area (Å²) in [6.45, 7) is 2.76. The van der Waals surface area contributed by atoms with Crippen LogP contribution in [0.2, 0.25) is 0 Å². The SMILES string of the molecule is Cc1cc(F)cc(Cc2ccnc(N3CCc4c(C(=O)NCCO)cccc43)c2)c1. The maximum atomic E-state index is 13.7. The zero-order valence-corrected chi connectivity index (χ0v) is 16.9. The summed E-state index contributed by atoms with van der Waals surface area (Å²) < 4.78 is 13.7. The highest BCUT2D eigenvalue weighted by Crippen LogP contribution is 2.35. The number of halogens is 1. The molecule has 1 amide bonds. The summed E-state index contributed by atoms with van der Waals surface area (Å²) in [6.07, 6.45) is 3.14. The molecule has 0 bridgehead atoms. The average Bonchev–Trinajstić information content (AvgIpc) is 3.15. The summed E-state index contributed by atoms with van der Waals surface area (Å²) in [7, 11) is 0. The molecule has 2 aromatic carbocycles. The zero-order valence-electron chi connectivity index (χ0n) is 16.9. The molecule has 30 heavy (non-hydrogen) atoms. The van der Waals surface area contributed by atoms with Crippen LogP contribution < -0.4 is 10.2 Å². The van der Waals surface area contributed by atoms with Crippen molar-refractivity contribution in [2.24, 2.45) is 0 Å². The van der Waals surface area contributed by atoms with Gasteiger partial charge in [0.2, 0.25) is 0 Å². The summed E-state index contributed by atoms with van der Waals surface area (Å²) in [6, 6.07) is 14.7. The van der Waals surface area contributed by atoms with Crippen LogP contribution in [0.5, 0.6) is 0 Å². The van der Waals surface area contributed by atoms with Crippen LogP contribution in [0.25, 0.3) is 0 Å². The van der Waals surface area contributed by atoms with E-state index >= 15 is 0 Å². The van der Waals surface area contributed by atoms with Crippen molar-refractivity contribution >= 4 is 17.4 Å². The number of aryl methyl sites for hydroxylation is 1. The van der Waals surface area contributed by atoms with Crippen LogP contribution in [0.15, 0.2) is 54.7 Å². The van der Waals surface area contributed by atoms with E-state index in [4.69, 9.17) is 5.11 Å². The lowest BCUT2D eigenvalue weighted by atomic mass is 10.0. The highest BCUT2D eigenvalue weighted by atomic mass is 19.1. The van der Waals surface area contributed by atoms with E-state index < -0.39 is 0 Å². The van der Waals surface area contributed by atoms with Crippen molar-refractivity contribution in [1.29, 1.82) is 0 Å². The molecule has 0 atom stereocenters. The molecule has 2 N–H and O–H groups in total. The smallest absolute Gasteiger partial charge is 0.251 e. The first-order valence-corrected chi connectivity index (χ1v) is 10.0. The first-order chi connectivity index (χ1) is 14.5. The second-order valence-electron chi connectivity index (χ2n) is 7.52. The fourth-order valence-corrected chi connectivity index (χ4v) is 4.02. The van der Waals surface area contributed by atoms with Gasteiger partial charge in [-0.25, -0.2) is 9.37 Å². The number of hydrogen-bond acceptors (Lipinski definition) is 4. The molecule has 154 valence electrons. The number of carbonyl (C=O) groups is 1. The number of pyridine rings is 1. The normalized spacial score (nSPS) is 12.7. The van der Waals surface area contributed by atoms with Gasteiger partial charge in [0, 0.05) is 30.5 Å². The number of anilines is 2. The standard InChI is InChI=1S/C24H24FN3O2/c1-16-11-18(14-19(25)12-16)13-17-5-7-26-23(15-17)28-9-6-20-21(3-2-4-22(20)28)24(30)27-8-10-29/h2-5,7,11-12,14-15,29H,6,8-10,13H2,1H3,(H,27,30). The first kappa shape index (κ1) is 20.0. The summed E-state index contributed by atoms with van der Waals surface area (Å²) in [5.41, 5.74) is 5.47. The Kier molecular flexibility index (Phi) is 5.77. The molecule has 0 unspecified atom stereocenters. The topological polar surface area (TPSA) is 65.5 Å². The molecule has 5 nitrogen and oxygen atoms in total. The van der Waals surface area contributed by atoms with Crippen molar-refractivity contribution in [3.63, 3.8) is 0 Å². The summed E-state index contributed by atoms with van der Waals surface area (Å²) in [5, 5.41) is 11.7. The molecule has 0 aliphatic carbocycles. The average molecular weight is 405 g/mol. The molecule has 0 saturated heterocycles. The molecular weight excluding hydrogens is 381 g/mol. The fraction of sp³-hybridized carbons (Fsp3) is 0.250. The van der Waals surface area contributed by atoms with Gasteiger partial charge < -0.3 is 15.3 Å². The third-order valence-electron chi connectivity index (χ3n) is 5.27. The van der Waals surface area contributed by atoms with Gasteiger partial charge in [0.15, 0.2) is 0 Å². The second kappa shape index (κ2) is 8.63. The molecule has 0 spiro atoms. The monoisotopic (exact) mass is 405 g/mol. The van der Waals surface area contributed by atoms with E-state index in [1.165, 1.54) is 6.07 Å². The van der Waals surface area contributed by atoms with Crippen LogP contribution in [-0.4, -0.2) is 35.7 Å². The van der Waals surface area contributed by atoms with Crippen molar-refractivity contribution in [3.05, 3.63) is 88.4 Å². The number of carbonyl (C=O) groups excluding carboxylic acids is 1. The largest absolute Gasteiger partial charge is 0.395 e. The molecule has 6 heteroatoms. The molecule has 0 saturated carbocycles. The van der Waals surface area contributed by atoms with E-state index in [0.717, 1.165) is 46.7 Å². The Morgan fingerprint density at radius 1 is 1.20 bits per heavy atom. The van der Waals surface area contributed by atoms with Crippen LogP contribution in [0.3, 0.4) is 0 Å². The number of aliphatic hydroxyl groups excluding tert-OH is 1. The number of rotatable bonds is 6. The molecule has 4 rings (SSSR count). The number of amides is 1. The van der Waals surface area contributed by atoms with E-state index in [2.05, 4.69) is 15.2 Å². The van der Waals surface area contributed by atoms with Crippen LogP contribution in [0.4, 0.5) is 15.9 Å². The first-order valence-electron chi connectivity index (χ1n) is 10.0. The number of nitrogens with one attached hydrogen (secondary N) is 1. The van der Waals surface area contributed by atoms with Gasteiger partial charge in [0.25, 0.3) is 5.91 Å². The van der Waals surface area contributed by atoms with E-state index in [1.807, 2.05) is 43.3 Å². The Balaban J connectivity index is 1.60. The molecule has 0 radical (unpaired) electrons. The summed E-state index contributed by atoms with van der Waals surface area (Å²) in [5.74, 6) is 0.415. The summed E-state index contributed by atoms with van der Waals surface area (Å²) in [4.78, 5) is 19.1. The van der Waals surface area contributed by atoms with Crippen molar-refractivity contribution in [2.45, 2.75) is 19.8 Å². The Bertz CT molecular complexity index is 1060. The molecule has 1 aliphatic heterocycles. The lowest BCUT2D eigenvalue weighted by Crippen LogP contribution is -2.27. The Labute approximate surface area is 175 Å². The minimum absolute atomic E-state index is 0.0888. The molecule has 1 aromatic heterocycles. The number of aromatic nitrogens is 1. The number of benzene rings is 2. The van der Waals surface area contributed by atoms with Gasteiger partial charge in [-0.15, -0.1) is 0 Å². The van der Waals surface area contributed by atoms with Gasteiger partial charge in [-0.2, -0.15) is 0 Å². The van der Waals surface area contributed by atoms with Crippen molar-refractivity contribution in [3.8, 4) is 0 Å². The highest BCUT2D eigenvalue weighted by molar-refractivity contribution is 5.98. The molecular formula is C24H24FN3O2. The Morgan fingerprint density at radius 2 is 2.07 bits per heavy atom. The lowest BCUT2D eigenvalue weighted by Gasteiger charge is -2.19. The van der Waals surface area contributed by atoms with Crippen molar-refractivity contribution < 1.29 is 14.3 Å². The molecule has 2 heterocycles. The van der Waals surface area contributed by atoms with Crippen molar-refractivity contribution in [2.75, 3.05) is 24.6 Å². The minimum atomic E-state index is -0.222. The van der Waals surface area contributed by atoms with Gasteiger partial charge in [-0.1, -0.05) is 12.1 Å². The van der Waals surface area contributed by atoms with Gasteiger partial charge in [-0.05, 0) is 78.4 Å². The van der Waals surface area contributed by atoms with E-state index in [9.17, 15) is 9.18 Å². The van der Waals surface area contributed by atoms with Crippen LogP contribution in [-0.2, 0) is 12.8 Å². The zero-order chi connectivity index (χ0) is 21.1. The predicted molar refractivity (Wildman–Crippen MR) is 115 cm³/mol. The second-order valence-corrected chi connectivity index (χ2v) is 7.52. The molecule has 3 aromatic rings. The summed E-state index contributed by atoms with van der Waals surface area (Å²) >= 11 is 0. The van der Waals surface area contributed by atoms with Crippen LogP contribution >= 0.6 is 0 Å². The maximum absolute atomic E-state index is 13.7. The molecule has 1 aliphatic rings. The highest BCUT2D eigenvalue weighted by Gasteiger charge is 2.26. The number of nitrogens with zero attached hydrogens (tertiary/aromatic N) is 2. The maximum Gasteiger partial charge on any atom is 0.251 e. The van der Waals surface area contributed by atoms with Gasteiger partial charge in [0.1, 0.15) is 11.6 Å². The minimum Gasteiger partial charge on any atom is -0.395 e.